The Morgan fingerprint density at radius 2 is 2.31 bits per heavy atom. The summed E-state index contributed by atoms with van der Waals surface area (Å²) in [6.07, 6.45) is 0.0304. The molecule has 0 unspecified atom stereocenters. The quantitative estimate of drug-likeness (QED) is 0.610. The van der Waals surface area contributed by atoms with Gasteiger partial charge in [-0.1, -0.05) is 12.6 Å². The number of nitrogen functional groups attached to an aromatic ring is 1. The van der Waals surface area contributed by atoms with Crippen molar-refractivity contribution in [1.82, 2.24) is 0 Å². The van der Waals surface area contributed by atoms with Crippen LogP contribution in [-0.4, -0.2) is 11.1 Å². The minimum atomic E-state index is -0.837. The van der Waals surface area contributed by atoms with E-state index < -0.39 is 5.97 Å². The molecule has 1 rings (SSSR count). The molecule has 0 saturated carbocycles. The van der Waals surface area contributed by atoms with Crippen LogP contribution in [0.5, 0.6) is 0 Å². The van der Waals surface area contributed by atoms with Crippen molar-refractivity contribution < 1.29 is 42.6 Å². The molecule has 0 fully saturated rings. The van der Waals surface area contributed by atoms with E-state index in [0.717, 1.165) is 11.1 Å². The molecule has 13 heavy (non-hydrogen) atoms. The summed E-state index contributed by atoms with van der Waals surface area (Å²) in [6.45, 7) is 1.84. The van der Waals surface area contributed by atoms with Crippen LogP contribution < -0.4 is 5.73 Å². The van der Waals surface area contributed by atoms with Gasteiger partial charge in [0.05, 0.1) is 0 Å². The van der Waals surface area contributed by atoms with E-state index in [2.05, 4.69) is 6.07 Å². The van der Waals surface area contributed by atoms with Crippen LogP contribution in [0.3, 0.4) is 0 Å². The van der Waals surface area contributed by atoms with Crippen molar-refractivity contribution in [3.8, 4) is 0 Å². The van der Waals surface area contributed by atoms with Gasteiger partial charge in [0.2, 0.25) is 0 Å². The van der Waals surface area contributed by atoms with E-state index in [1.165, 1.54) is 0 Å². The van der Waals surface area contributed by atoms with E-state index in [-0.39, 0.29) is 39.1 Å². The van der Waals surface area contributed by atoms with E-state index in [1.54, 1.807) is 12.1 Å². The van der Waals surface area contributed by atoms with Gasteiger partial charge in [0.25, 0.3) is 5.97 Å². The van der Waals surface area contributed by atoms with Crippen molar-refractivity contribution in [3.05, 3.63) is 29.3 Å². The molecule has 0 heterocycles. The topological polar surface area (TPSA) is 63.3 Å². The van der Waals surface area contributed by atoms with Gasteiger partial charge in [-0.25, -0.2) is 0 Å². The third kappa shape index (κ3) is 3.88. The van der Waals surface area contributed by atoms with Gasteiger partial charge in [0, 0.05) is 39.1 Å². The number of benzene rings is 1. The molecule has 4 heteroatoms. The van der Waals surface area contributed by atoms with Gasteiger partial charge in [0.15, 0.2) is 0 Å². The molecule has 0 amide bonds. The summed E-state index contributed by atoms with van der Waals surface area (Å²) < 4.78 is 0. The van der Waals surface area contributed by atoms with Crippen LogP contribution in [0.4, 0.5) is 5.69 Å². The average Bonchev–Trinajstić information content (AvgIpc) is 1.94. The Kier molecular flexibility index (Phi) is 5.18. The maximum absolute atomic E-state index is 10.4. The third-order valence-electron chi connectivity index (χ3n) is 1.63. The van der Waals surface area contributed by atoms with Crippen LogP contribution >= 0.6 is 0 Å². The smallest absolute Gasteiger partial charge is 0.296 e. The molecule has 0 spiro atoms. The first-order chi connectivity index (χ1) is 5.59. The second-order valence-electron chi connectivity index (χ2n) is 2.67. The number of aryl methyl sites for hydroxylation is 1. The Morgan fingerprint density at radius 3 is 2.77 bits per heavy atom. The molecule has 1 aromatic carbocycles. The predicted molar refractivity (Wildman–Crippen MR) is 45.8 cm³/mol. The Morgan fingerprint density at radius 1 is 1.69 bits per heavy atom. The van der Waals surface area contributed by atoms with Gasteiger partial charge in [-0.3, -0.25) is 4.79 Å². The Hall–Kier alpha value is -0.406. The molecule has 0 atom stereocenters. The Labute approximate surface area is 102 Å². The summed E-state index contributed by atoms with van der Waals surface area (Å²) in [7, 11) is 0. The summed E-state index contributed by atoms with van der Waals surface area (Å²) in [6, 6.07) is 6.10. The minimum Gasteiger partial charge on any atom is -0.482 e. The van der Waals surface area contributed by atoms with Crippen molar-refractivity contribution >= 4 is 11.7 Å². The normalized spacial score (nSPS) is 9.00. The van der Waals surface area contributed by atoms with Gasteiger partial charge >= 0.3 is 0 Å². The maximum Gasteiger partial charge on any atom is 0.296 e. The number of rotatable bonds is 2. The standard InChI is InChI=1S/C9H10NO2.Y/c1-6-4-8(10)3-2-7(6)5-9(11)12;/h2,4H,5,10H2,1H3,(H,11,12);/q-1;. The van der Waals surface area contributed by atoms with Crippen molar-refractivity contribution in [3.63, 3.8) is 0 Å². The fraction of sp³-hybridized carbons (Fsp3) is 0.222. The fourth-order valence-electron chi connectivity index (χ4n) is 1.01. The summed E-state index contributed by atoms with van der Waals surface area (Å²) in [4.78, 5) is 10.4. The number of anilines is 1. The Balaban J connectivity index is 0.00000144. The molecule has 0 saturated heterocycles. The molecule has 1 radical (unpaired) electrons. The van der Waals surface area contributed by atoms with Crippen LogP contribution in [0.2, 0.25) is 0 Å². The molecule has 1 aromatic rings. The molecule has 0 aromatic heterocycles. The number of nitrogens with two attached hydrogens (primary N) is 1. The van der Waals surface area contributed by atoms with Gasteiger partial charge in [-0.15, -0.1) is 11.6 Å². The van der Waals surface area contributed by atoms with E-state index >= 15 is 0 Å². The minimum absolute atomic E-state index is 0. The first-order valence-corrected chi connectivity index (χ1v) is 3.58. The van der Waals surface area contributed by atoms with E-state index in [4.69, 9.17) is 10.8 Å². The summed E-state index contributed by atoms with van der Waals surface area (Å²) in [5.74, 6) is -0.837. The summed E-state index contributed by atoms with van der Waals surface area (Å²) in [5.41, 5.74) is 7.66. The van der Waals surface area contributed by atoms with Crippen molar-refractivity contribution in [2.75, 3.05) is 5.73 Å². The number of aliphatic carboxylic acids is 1. The van der Waals surface area contributed by atoms with Crippen molar-refractivity contribution in [1.29, 1.82) is 0 Å². The molecule has 0 bridgehead atoms. The van der Waals surface area contributed by atoms with E-state index in [9.17, 15) is 4.79 Å². The Bertz CT molecular complexity index is 312. The largest absolute Gasteiger partial charge is 0.482 e. The predicted octanol–water partition coefficient (Wildman–Crippen LogP) is 1.00. The monoisotopic (exact) mass is 253 g/mol. The van der Waals surface area contributed by atoms with E-state index in [0.29, 0.717) is 5.69 Å². The van der Waals surface area contributed by atoms with Crippen LogP contribution in [0.1, 0.15) is 11.1 Å². The molecule has 0 aliphatic heterocycles. The van der Waals surface area contributed by atoms with Crippen LogP contribution in [0.15, 0.2) is 12.1 Å². The fourth-order valence-corrected chi connectivity index (χ4v) is 1.01. The SMILES string of the molecule is Cc1cc(N)[c-]cc1CC(=O)O.[Y]. The van der Waals surface area contributed by atoms with Crippen LogP contribution in [0, 0.1) is 13.0 Å². The number of carboxylic acids is 1. The number of hydrogen-bond acceptors (Lipinski definition) is 2. The second kappa shape index (κ2) is 5.35. The van der Waals surface area contributed by atoms with Gasteiger partial charge < -0.3 is 10.8 Å². The van der Waals surface area contributed by atoms with Gasteiger partial charge in [-0.05, 0) is 0 Å². The first-order valence-electron chi connectivity index (χ1n) is 3.58. The zero-order valence-corrected chi connectivity index (χ0v) is 10.2. The molecule has 3 N–H and O–H groups in total. The molecular weight excluding hydrogens is 243 g/mol. The molecule has 3 nitrogen and oxygen atoms in total. The van der Waals surface area contributed by atoms with Gasteiger partial charge in [0.1, 0.15) is 0 Å². The molecular formula is C9H10NO2Y-. The average molecular weight is 253 g/mol. The first kappa shape index (κ1) is 12.6. The van der Waals surface area contributed by atoms with Gasteiger partial charge in [-0.2, -0.15) is 17.7 Å². The maximum atomic E-state index is 10.4. The van der Waals surface area contributed by atoms with E-state index in [1.807, 2.05) is 6.92 Å². The number of hydrogen-bond donors (Lipinski definition) is 2. The van der Waals surface area contributed by atoms with Crippen LogP contribution in [0.25, 0.3) is 0 Å². The molecule has 0 aliphatic rings. The number of carboxylic acid groups (broad SMARTS) is 1. The summed E-state index contributed by atoms with van der Waals surface area (Å²) >= 11 is 0. The van der Waals surface area contributed by atoms with Crippen molar-refractivity contribution in [2.45, 2.75) is 13.3 Å². The van der Waals surface area contributed by atoms with Crippen LogP contribution in [-0.2, 0) is 43.9 Å². The molecule has 67 valence electrons. The van der Waals surface area contributed by atoms with Crippen molar-refractivity contribution in [2.24, 2.45) is 0 Å². The zero-order valence-electron chi connectivity index (χ0n) is 7.37. The number of carbonyl (C=O) groups is 1. The molecule has 0 aliphatic carbocycles. The third-order valence-corrected chi connectivity index (χ3v) is 1.63. The zero-order chi connectivity index (χ0) is 9.14. The summed E-state index contributed by atoms with van der Waals surface area (Å²) in [5, 5.41) is 8.52. The second-order valence-corrected chi connectivity index (χ2v) is 2.67.